The van der Waals surface area contributed by atoms with Gasteiger partial charge in [0, 0.05) is 5.69 Å². The third-order valence-electron chi connectivity index (χ3n) is 2.97. The number of carboxylic acid groups (broad SMARTS) is 1. The summed E-state index contributed by atoms with van der Waals surface area (Å²) < 4.78 is 0. The highest BCUT2D eigenvalue weighted by atomic mass is 16.5. The summed E-state index contributed by atoms with van der Waals surface area (Å²) in [5.74, 6) is -0.916. The smallest absolute Gasteiger partial charge is 0.345 e. The van der Waals surface area contributed by atoms with Crippen molar-refractivity contribution in [2.45, 2.75) is 13.0 Å². The molecule has 0 unspecified atom stereocenters. The van der Waals surface area contributed by atoms with E-state index < -0.39 is 12.0 Å². The molecule has 2 aromatic rings. The lowest BCUT2D eigenvalue weighted by atomic mass is 10.1. The molecule has 0 fully saturated rings. The number of benzene rings is 2. The number of urea groups is 1. The van der Waals surface area contributed by atoms with Gasteiger partial charge in [-0.3, -0.25) is 10.0 Å². The van der Waals surface area contributed by atoms with E-state index in [9.17, 15) is 14.8 Å². The van der Waals surface area contributed by atoms with Gasteiger partial charge < -0.3 is 10.4 Å². The summed E-state index contributed by atoms with van der Waals surface area (Å²) in [6.07, 6.45) is -0.0750. The second kappa shape index (κ2) is 7.24. The lowest BCUT2D eigenvalue weighted by Gasteiger charge is -2.16. The van der Waals surface area contributed by atoms with E-state index in [4.69, 9.17) is 5.11 Å². The van der Waals surface area contributed by atoms with E-state index in [1.165, 1.54) is 0 Å². The molecule has 22 heavy (non-hydrogen) atoms. The summed E-state index contributed by atoms with van der Waals surface area (Å²) >= 11 is 0. The van der Waals surface area contributed by atoms with Gasteiger partial charge in [0.2, 0.25) is 0 Å². The average molecular weight is 300 g/mol. The quantitative estimate of drug-likeness (QED) is 0.585. The fourth-order valence-corrected chi connectivity index (χ4v) is 1.90. The lowest BCUT2D eigenvalue weighted by molar-refractivity contribution is -0.136. The molecule has 0 spiro atoms. The van der Waals surface area contributed by atoms with Crippen molar-refractivity contribution < 1.29 is 19.9 Å². The van der Waals surface area contributed by atoms with Crippen LogP contribution in [0.15, 0.2) is 54.6 Å². The standard InChI is InChI=1S/C16H16N2O4/c19-15(20)10-12-6-8-14(9-7-12)17-16(21)18(22)11-13-4-2-1-3-5-13/h1-9,22H,10-11H2,(H,17,21)(H,19,20). The molecule has 0 aliphatic heterocycles. The largest absolute Gasteiger partial charge is 0.481 e. The molecule has 0 heterocycles. The number of hydroxylamine groups is 2. The Bertz CT molecular complexity index is 641. The minimum atomic E-state index is -0.916. The second-order valence-corrected chi connectivity index (χ2v) is 4.74. The van der Waals surface area contributed by atoms with Gasteiger partial charge in [0.1, 0.15) is 0 Å². The van der Waals surface area contributed by atoms with Gasteiger partial charge in [0.25, 0.3) is 0 Å². The van der Waals surface area contributed by atoms with Crippen LogP contribution in [0.5, 0.6) is 0 Å². The highest BCUT2D eigenvalue weighted by Gasteiger charge is 2.11. The molecule has 3 N–H and O–H groups in total. The summed E-state index contributed by atoms with van der Waals surface area (Å²) in [4.78, 5) is 22.4. The number of nitrogens with zero attached hydrogens (tertiary/aromatic N) is 1. The van der Waals surface area contributed by atoms with E-state index in [1.54, 1.807) is 36.4 Å². The van der Waals surface area contributed by atoms with E-state index in [-0.39, 0.29) is 13.0 Å². The van der Waals surface area contributed by atoms with Crippen LogP contribution in [0.25, 0.3) is 0 Å². The highest BCUT2D eigenvalue weighted by molar-refractivity contribution is 5.88. The number of carbonyl (C=O) groups is 2. The molecule has 2 rings (SSSR count). The number of amides is 2. The van der Waals surface area contributed by atoms with Crippen LogP contribution in [-0.4, -0.2) is 27.4 Å². The van der Waals surface area contributed by atoms with Crippen molar-refractivity contribution in [3.63, 3.8) is 0 Å². The van der Waals surface area contributed by atoms with Crippen LogP contribution < -0.4 is 5.32 Å². The van der Waals surface area contributed by atoms with Crippen LogP contribution in [-0.2, 0) is 17.8 Å². The summed E-state index contributed by atoms with van der Waals surface area (Å²) in [6.45, 7) is 0.0732. The molecule has 0 bridgehead atoms. The zero-order chi connectivity index (χ0) is 15.9. The number of anilines is 1. The molecule has 6 nitrogen and oxygen atoms in total. The van der Waals surface area contributed by atoms with Gasteiger partial charge in [-0.05, 0) is 23.3 Å². The lowest BCUT2D eigenvalue weighted by Crippen LogP contribution is -2.31. The summed E-state index contributed by atoms with van der Waals surface area (Å²) in [5.41, 5.74) is 1.92. The molecule has 114 valence electrons. The minimum absolute atomic E-state index is 0.0732. The van der Waals surface area contributed by atoms with Crippen LogP contribution in [0.3, 0.4) is 0 Å². The Hall–Kier alpha value is -2.86. The van der Waals surface area contributed by atoms with E-state index in [0.717, 1.165) is 5.56 Å². The maximum Gasteiger partial charge on any atom is 0.345 e. The molecule has 0 atom stereocenters. The van der Waals surface area contributed by atoms with Gasteiger partial charge in [-0.1, -0.05) is 42.5 Å². The third-order valence-corrected chi connectivity index (χ3v) is 2.97. The van der Waals surface area contributed by atoms with Crippen LogP contribution in [0.2, 0.25) is 0 Å². The van der Waals surface area contributed by atoms with Crippen molar-refractivity contribution >= 4 is 17.7 Å². The Labute approximate surface area is 127 Å². The summed E-state index contributed by atoms with van der Waals surface area (Å²) in [6, 6.07) is 14.8. The van der Waals surface area contributed by atoms with Crippen molar-refractivity contribution in [3.8, 4) is 0 Å². The molecule has 0 aromatic heterocycles. The molecule has 0 saturated heterocycles. The molecular weight excluding hydrogens is 284 g/mol. The van der Waals surface area contributed by atoms with Crippen LogP contribution in [0.1, 0.15) is 11.1 Å². The Morgan fingerprint density at radius 1 is 0.955 bits per heavy atom. The highest BCUT2D eigenvalue weighted by Crippen LogP contribution is 2.11. The number of aliphatic carboxylic acids is 1. The first kappa shape index (κ1) is 15.5. The van der Waals surface area contributed by atoms with Gasteiger partial charge in [-0.15, -0.1) is 0 Å². The number of rotatable bonds is 5. The monoisotopic (exact) mass is 300 g/mol. The fraction of sp³-hybridized carbons (Fsp3) is 0.125. The van der Waals surface area contributed by atoms with E-state index in [0.29, 0.717) is 16.3 Å². The van der Waals surface area contributed by atoms with E-state index >= 15 is 0 Å². The Balaban J connectivity index is 1.92. The van der Waals surface area contributed by atoms with Crippen molar-refractivity contribution in [1.29, 1.82) is 0 Å². The zero-order valence-corrected chi connectivity index (χ0v) is 11.8. The number of hydrogen-bond acceptors (Lipinski definition) is 3. The molecule has 2 aromatic carbocycles. The number of hydrogen-bond donors (Lipinski definition) is 3. The maximum atomic E-state index is 11.9. The van der Waals surface area contributed by atoms with Crippen molar-refractivity contribution in [2.75, 3.05) is 5.32 Å². The van der Waals surface area contributed by atoms with Crippen LogP contribution in [0, 0.1) is 0 Å². The van der Waals surface area contributed by atoms with E-state index in [2.05, 4.69) is 5.32 Å². The third kappa shape index (κ3) is 4.60. The molecule has 6 heteroatoms. The van der Waals surface area contributed by atoms with Crippen LogP contribution in [0.4, 0.5) is 10.5 Å². The molecule has 0 saturated carbocycles. The first-order valence-electron chi connectivity index (χ1n) is 6.66. The first-order chi connectivity index (χ1) is 10.5. The fourth-order valence-electron chi connectivity index (χ4n) is 1.90. The predicted molar refractivity (Wildman–Crippen MR) is 80.6 cm³/mol. The summed E-state index contributed by atoms with van der Waals surface area (Å²) in [7, 11) is 0. The summed E-state index contributed by atoms with van der Waals surface area (Å²) in [5, 5.41) is 21.6. The SMILES string of the molecule is O=C(O)Cc1ccc(NC(=O)N(O)Cc2ccccc2)cc1. The van der Waals surface area contributed by atoms with Crippen LogP contribution >= 0.6 is 0 Å². The molecule has 0 aliphatic rings. The number of nitrogens with one attached hydrogen (secondary N) is 1. The van der Waals surface area contributed by atoms with Gasteiger partial charge >= 0.3 is 12.0 Å². The number of carboxylic acids is 1. The predicted octanol–water partition coefficient (Wildman–Crippen LogP) is 2.74. The van der Waals surface area contributed by atoms with Crippen molar-refractivity contribution in [3.05, 3.63) is 65.7 Å². The normalized spacial score (nSPS) is 10.0. The average Bonchev–Trinajstić information content (AvgIpc) is 2.49. The first-order valence-corrected chi connectivity index (χ1v) is 6.66. The van der Waals surface area contributed by atoms with Crippen molar-refractivity contribution in [1.82, 2.24) is 5.06 Å². The molecule has 2 amide bonds. The Morgan fingerprint density at radius 2 is 1.59 bits per heavy atom. The van der Waals surface area contributed by atoms with Crippen molar-refractivity contribution in [2.24, 2.45) is 0 Å². The zero-order valence-electron chi connectivity index (χ0n) is 11.8. The Kier molecular flexibility index (Phi) is 5.11. The van der Waals surface area contributed by atoms with Gasteiger partial charge in [-0.25, -0.2) is 9.86 Å². The Morgan fingerprint density at radius 3 is 2.18 bits per heavy atom. The maximum absolute atomic E-state index is 11.9. The molecular formula is C16H16N2O4. The minimum Gasteiger partial charge on any atom is -0.481 e. The second-order valence-electron chi connectivity index (χ2n) is 4.74. The van der Waals surface area contributed by atoms with Gasteiger partial charge in [0.05, 0.1) is 13.0 Å². The number of carbonyl (C=O) groups excluding carboxylic acids is 1. The van der Waals surface area contributed by atoms with E-state index in [1.807, 2.05) is 18.2 Å². The van der Waals surface area contributed by atoms with Gasteiger partial charge in [0.15, 0.2) is 0 Å². The van der Waals surface area contributed by atoms with Gasteiger partial charge in [-0.2, -0.15) is 0 Å². The topological polar surface area (TPSA) is 89.9 Å². The molecule has 0 aliphatic carbocycles. The molecule has 0 radical (unpaired) electrons.